The lowest BCUT2D eigenvalue weighted by Crippen LogP contribution is -2.03. The monoisotopic (exact) mass is 191 g/mol. The lowest BCUT2D eigenvalue weighted by Gasteiger charge is -1.89. The highest BCUT2D eigenvalue weighted by Crippen LogP contribution is 1.97. The SMILES string of the molecule is C1CCNC1.CC(=O)c1ccccc1. The Labute approximate surface area is 85.3 Å². The Kier molecular flexibility index (Phi) is 4.94. The molecule has 76 valence electrons. The largest absolute Gasteiger partial charge is 0.317 e. The summed E-state index contributed by atoms with van der Waals surface area (Å²) in [4.78, 5) is 10.6. The highest BCUT2D eigenvalue weighted by Gasteiger charge is 1.93. The minimum Gasteiger partial charge on any atom is -0.317 e. The lowest BCUT2D eigenvalue weighted by atomic mass is 10.2. The number of ketones is 1. The van der Waals surface area contributed by atoms with Gasteiger partial charge in [-0.2, -0.15) is 0 Å². The van der Waals surface area contributed by atoms with Crippen molar-refractivity contribution in [2.45, 2.75) is 19.8 Å². The van der Waals surface area contributed by atoms with Crippen LogP contribution in [0.1, 0.15) is 30.1 Å². The number of rotatable bonds is 1. The van der Waals surface area contributed by atoms with Crippen LogP contribution in [0.5, 0.6) is 0 Å². The molecule has 0 radical (unpaired) electrons. The van der Waals surface area contributed by atoms with Gasteiger partial charge >= 0.3 is 0 Å². The Hall–Kier alpha value is -1.15. The van der Waals surface area contributed by atoms with E-state index in [1.807, 2.05) is 30.3 Å². The van der Waals surface area contributed by atoms with Crippen molar-refractivity contribution in [1.82, 2.24) is 5.32 Å². The third kappa shape index (κ3) is 4.19. The van der Waals surface area contributed by atoms with Crippen LogP contribution in [0.2, 0.25) is 0 Å². The van der Waals surface area contributed by atoms with E-state index in [2.05, 4.69) is 5.32 Å². The topological polar surface area (TPSA) is 29.1 Å². The maximum Gasteiger partial charge on any atom is 0.159 e. The minimum absolute atomic E-state index is 0.121. The van der Waals surface area contributed by atoms with Crippen LogP contribution in [-0.4, -0.2) is 18.9 Å². The van der Waals surface area contributed by atoms with Gasteiger partial charge in [0.25, 0.3) is 0 Å². The zero-order chi connectivity index (χ0) is 10.2. The molecule has 2 heteroatoms. The van der Waals surface area contributed by atoms with Gasteiger partial charge < -0.3 is 5.32 Å². The average molecular weight is 191 g/mol. The van der Waals surface area contributed by atoms with Crippen LogP contribution in [0.15, 0.2) is 30.3 Å². The molecule has 0 aliphatic carbocycles. The zero-order valence-electron chi connectivity index (χ0n) is 8.62. The van der Waals surface area contributed by atoms with Crippen molar-refractivity contribution in [3.63, 3.8) is 0 Å². The Bertz CT molecular complexity index is 257. The third-order valence-corrected chi connectivity index (χ3v) is 2.14. The summed E-state index contributed by atoms with van der Waals surface area (Å²) in [7, 11) is 0. The summed E-state index contributed by atoms with van der Waals surface area (Å²) in [5.41, 5.74) is 0.775. The van der Waals surface area contributed by atoms with Gasteiger partial charge in [0.15, 0.2) is 5.78 Å². The first-order chi connectivity index (χ1) is 6.80. The average Bonchev–Trinajstić information content (AvgIpc) is 2.77. The van der Waals surface area contributed by atoms with Gasteiger partial charge in [-0.25, -0.2) is 0 Å². The molecule has 1 aliphatic rings. The lowest BCUT2D eigenvalue weighted by molar-refractivity contribution is 0.101. The van der Waals surface area contributed by atoms with Crippen LogP contribution in [0.3, 0.4) is 0 Å². The second kappa shape index (κ2) is 6.33. The second-order valence-corrected chi connectivity index (χ2v) is 3.38. The molecule has 2 rings (SSSR count). The van der Waals surface area contributed by atoms with Gasteiger partial charge in [0.1, 0.15) is 0 Å². The van der Waals surface area contributed by atoms with E-state index in [1.165, 1.54) is 25.9 Å². The Balaban J connectivity index is 0.000000165. The molecule has 1 fully saturated rings. The predicted molar refractivity (Wildman–Crippen MR) is 58.6 cm³/mol. The molecule has 14 heavy (non-hydrogen) atoms. The molecule has 1 saturated heterocycles. The van der Waals surface area contributed by atoms with Gasteiger partial charge in [-0.3, -0.25) is 4.79 Å². The van der Waals surface area contributed by atoms with Crippen molar-refractivity contribution >= 4 is 5.78 Å². The normalized spacial score (nSPS) is 14.4. The van der Waals surface area contributed by atoms with Crippen LogP contribution in [0.4, 0.5) is 0 Å². The van der Waals surface area contributed by atoms with Crippen molar-refractivity contribution in [3.8, 4) is 0 Å². The Morgan fingerprint density at radius 1 is 1.14 bits per heavy atom. The Morgan fingerprint density at radius 2 is 1.71 bits per heavy atom. The van der Waals surface area contributed by atoms with Crippen molar-refractivity contribution in [2.75, 3.05) is 13.1 Å². The standard InChI is InChI=1S/C8H8O.C4H9N/c1-7(9)8-5-3-2-4-6-8;1-2-4-5-3-1/h2-6H,1H3;5H,1-4H2. The molecule has 0 spiro atoms. The van der Waals surface area contributed by atoms with Gasteiger partial charge in [0.2, 0.25) is 0 Å². The number of hydrogen-bond acceptors (Lipinski definition) is 2. The molecule has 2 nitrogen and oxygen atoms in total. The predicted octanol–water partition coefficient (Wildman–Crippen LogP) is 2.26. The summed E-state index contributed by atoms with van der Waals surface area (Å²) in [6, 6.07) is 9.23. The number of nitrogens with one attached hydrogen (secondary N) is 1. The van der Waals surface area contributed by atoms with Gasteiger partial charge in [-0.15, -0.1) is 0 Å². The first-order valence-electron chi connectivity index (χ1n) is 5.07. The van der Waals surface area contributed by atoms with Crippen molar-refractivity contribution in [2.24, 2.45) is 0 Å². The van der Waals surface area contributed by atoms with Crippen molar-refractivity contribution in [3.05, 3.63) is 35.9 Å². The fraction of sp³-hybridized carbons (Fsp3) is 0.417. The fourth-order valence-corrected chi connectivity index (χ4v) is 1.30. The molecular formula is C12H17NO. The van der Waals surface area contributed by atoms with Gasteiger partial charge in [-0.1, -0.05) is 30.3 Å². The molecule has 1 heterocycles. The molecule has 0 atom stereocenters. The summed E-state index contributed by atoms with van der Waals surface area (Å²) < 4.78 is 0. The molecule has 0 unspecified atom stereocenters. The van der Waals surface area contributed by atoms with Crippen LogP contribution in [0, 0.1) is 0 Å². The van der Waals surface area contributed by atoms with E-state index in [0.717, 1.165) is 5.56 Å². The van der Waals surface area contributed by atoms with Gasteiger partial charge in [-0.05, 0) is 32.9 Å². The van der Waals surface area contributed by atoms with E-state index >= 15 is 0 Å². The summed E-state index contributed by atoms with van der Waals surface area (Å²) in [6.45, 7) is 4.06. The molecule has 0 amide bonds. The number of carbonyl (C=O) groups is 1. The fourth-order valence-electron chi connectivity index (χ4n) is 1.30. The van der Waals surface area contributed by atoms with Gasteiger partial charge in [0, 0.05) is 5.56 Å². The minimum atomic E-state index is 0.121. The highest BCUT2D eigenvalue weighted by molar-refractivity contribution is 5.93. The molecule has 1 N–H and O–H groups in total. The highest BCUT2D eigenvalue weighted by atomic mass is 16.1. The molecule has 0 saturated carbocycles. The summed E-state index contributed by atoms with van der Waals surface area (Å²) in [5, 5.41) is 3.22. The molecule has 1 aromatic carbocycles. The zero-order valence-corrected chi connectivity index (χ0v) is 8.62. The number of carbonyl (C=O) groups excluding carboxylic acids is 1. The number of hydrogen-bond donors (Lipinski definition) is 1. The number of Topliss-reactive ketones (excluding diaryl/α,β-unsaturated/α-hetero) is 1. The third-order valence-electron chi connectivity index (χ3n) is 2.14. The maximum absolute atomic E-state index is 10.6. The van der Waals surface area contributed by atoms with Gasteiger partial charge in [0.05, 0.1) is 0 Å². The quantitative estimate of drug-likeness (QED) is 0.690. The Morgan fingerprint density at radius 3 is 2.00 bits per heavy atom. The smallest absolute Gasteiger partial charge is 0.159 e. The summed E-state index contributed by atoms with van der Waals surface area (Å²) in [5.74, 6) is 0.121. The maximum atomic E-state index is 10.6. The molecule has 0 aromatic heterocycles. The molecule has 0 bridgehead atoms. The van der Waals surface area contributed by atoms with Crippen LogP contribution >= 0.6 is 0 Å². The number of benzene rings is 1. The van der Waals surface area contributed by atoms with E-state index in [-0.39, 0.29) is 5.78 Å². The summed E-state index contributed by atoms with van der Waals surface area (Å²) >= 11 is 0. The van der Waals surface area contributed by atoms with E-state index < -0.39 is 0 Å². The van der Waals surface area contributed by atoms with E-state index in [4.69, 9.17) is 0 Å². The van der Waals surface area contributed by atoms with E-state index in [1.54, 1.807) is 6.92 Å². The van der Waals surface area contributed by atoms with E-state index in [9.17, 15) is 4.79 Å². The first kappa shape index (κ1) is 10.9. The van der Waals surface area contributed by atoms with E-state index in [0.29, 0.717) is 0 Å². The van der Waals surface area contributed by atoms with Crippen LogP contribution in [0.25, 0.3) is 0 Å². The molecule has 1 aromatic rings. The first-order valence-corrected chi connectivity index (χ1v) is 5.07. The summed E-state index contributed by atoms with van der Waals surface area (Å²) in [6.07, 6.45) is 2.78. The second-order valence-electron chi connectivity index (χ2n) is 3.38. The van der Waals surface area contributed by atoms with Crippen LogP contribution < -0.4 is 5.32 Å². The van der Waals surface area contributed by atoms with Crippen molar-refractivity contribution < 1.29 is 4.79 Å². The molecular weight excluding hydrogens is 174 g/mol. The van der Waals surface area contributed by atoms with Crippen molar-refractivity contribution in [1.29, 1.82) is 0 Å². The van der Waals surface area contributed by atoms with Crippen LogP contribution in [-0.2, 0) is 0 Å². The molecule has 1 aliphatic heterocycles.